The van der Waals surface area contributed by atoms with E-state index in [1.54, 1.807) is 10.9 Å². The highest BCUT2D eigenvalue weighted by molar-refractivity contribution is 5.95. The fourth-order valence-corrected chi connectivity index (χ4v) is 4.29. The zero-order chi connectivity index (χ0) is 23.9. The lowest BCUT2D eigenvalue weighted by molar-refractivity contribution is 0.0953. The van der Waals surface area contributed by atoms with E-state index in [2.05, 4.69) is 38.2 Å². The average molecular weight is 465 g/mol. The van der Waals surface area contributed by atoms with Gasteiger partial charge < -0.3 is 10.2 Å². The summed E-state index contributed by atoms with van der Waals surface area (Å²) in [6.45, 7) is 3.46. The average Bonchev–Trinajstić information content (AvgIpc) is 3.69. The molecule has 7 nitrogen and oxygen atoms in total. The van der Waals surface area contributed by atoms with E-state index in [9.17, 15) is 4.79 Å². The molecule has 0 unspecified atom stereocenters. The third-order valence-corrected chi connectivity index (χ3v) is 6.14. The third-order valence-electron chi connectivity index (χ3n) is 6.14. The van der Waals surface area contributed by atoms with Gasteiger partial charge in [0, 0.05) is 43.8 Å². The van der Waals surface area contributed by atoms with Crippen LogP contribution >= 0.6 is 0 Å². The van der Waals surface area contributed by atoms with Crippen LogP contribution in [0.3, 0.4) is 0 Å². The standard InChI is InChI=1S/C28H28N6O/c35-28(30-14-4-6-22-13-16-29-21-22)24-10-12-26(34-19-5-15-31-34)23(20-24)9-11-25-7-3-8-27(32-25)33-17-1-2-18-33/h3,5,7-8,10,12-13,15,19-21H,1-2,4,6,14,16-18H2,(H,30,35). The van der Waals surface area contributed by atoms with Gasteiger partial charge in [0.2, 0.25) is 0 Å². The first-order chi connectivity index (χ1) is 17.3. The van der Waals surface area contributed by atoms with Crippen LogP contribution in [0.15, 0.2) is 71.5 Å². The van der Waals surface area contributed by atoms with Crippen LogP contribution in [0.5, 0.6) is 0 Å². The van der Waals surface area contributed by atoms with Crippen molar-refractivity contribution in [3.05, 3.63) is 83.3 Å². The number of anilines is 1. The molecular formula is C28H28N6O. The largest absolute Gasteiger partial charge is 0.357 e. The van der Waals surface area contributed by atoms with Gasteiger partial charge in [-0.1, -0.05) is 18.1 Å². The number of hydrogen-bond acceptors (Lipinski definition) is 5. The highest BCUT2D eigenvalue weighted by Gasteiger charge is 2.14. The fourth-order valence-electron chi connectivity index (χ4n) is 4.29. The van der Waals surface area contributed by atoms with Gasteiger partial charge in [-0.05, 0) is 73.6 Å². The Morgan fingerprint density at radius 1 is 1.09 bits per heavy atom. The zero-order valence-corrected chi connectivity index (χ0v) is 19.7. The molecule has 0 bridgehead atoms. The van der Waals surface area contributed by atoms with Gasteiger partial charge in [0.25, 0.3) is 5.91 Å². The summed E-state index contributed by atoms with van der Waals surface area (Å²) in [4.78, 5) is 24.0. The Kier molecular flexibility index (Phi) is 7.00. The highest BCUT2D eigenvalue weighted by Crippen LogP contribution is 2.19. The van der Waals surface area contributed by atoms with E-state index in [0.29, 0.717) is 17.8 Å². The van der Waals surface area contributed by atoms with E-state index < -0.39 is 0 Å². The highest BCUT2D eigenvalue weighted by atomic mass is 16.1. The van der Waals surface area contributed by atoms with Crippen molar-refractivity contribution in [1.29, 1.82) is 0 Å². The second-order valence-corrected chi connectivity index (χ2v) is 8.64. The summed E-state index contributed by atoms with van der Waals surface area (Å²) in [5.41, 5.74) is 4.07. The van der Waals surface area contributed by atoms with Crippen LogP contribution in [-0.4, -0.2) is 53.1 Å². The molecule has 176 valence electrons. The molecule has 0 aliphatic carbocycles. The summed E-state index contributed by atoms with van der Waals surface area (Å²) in [5.74, 6) is 7.30. The molecule has 1 amide bonds. The van der Waals surface area contributed by atoms with Gasteiger partial charge in [0.15, 0.2) is 0 Å². The molecule has 2 aliphatic rings. The van der Waals surface area contributed by atoms with E-state index in [-0.39, 0.29) is 5.91 Å². The number of amides is 1. The van der Waals surface area contributed by atoms with Gasteiger partial charge in [0.1, 0.15) is 11.5 Å². The number of allylic oxidation sites excluding steroid dienone is 1. The minimum absolute atomic E-state index is 0.108. The molecular weight excluding hydrogens is 436 g/mol. The molecule has 0 atom stereocenters. The maximum absolute atomic E-state index is 12.8. The summed E-state index contributed by atoms with van der Waals surface area (Å²) in [6, 6.07) is 13.3. The number of benzene rings is 1. The molecule has 3 aromatic rings. The number of hydrogen-bond donors (Lipinski definition) is 1. The number of carbonyl (C=O) groups excluding carboxylic acids is 1. The molecule has 5 rings (SSSR count). The SMILES string of the molecule is O=C(NCCCC1=CCN=C1)c1ccc(-n2cccn2)c(C#Cc2cccc(N3CCCC3)n2)c1. The monoisotopic (exact) mass is 464 g/mol. The van der Waals surface area contributed by atoms with Crippen molar-refractivity contribution in [3.8, 4) is 17.5 Å². The number of carbonyl (C=O) groups is 1. The van der Waals surface area contributed by atoms with Gasteiger partial charge in [-0.25, -0.2) is 9.67 Å². The van der Waals surface area contributed by atoms with E-state index in [4.69, 9.17) is 4.98 Å². The van der Waals surface area contributed by atoms with Crippen molar-refractivity contribution in [3.63, 3.8) is 0 Å². The Hall–Kier alpha value is -4.18. The van der Waals surface area contributed by atoms with Crippen molar-refractivity contribution in [2.75, 3.05) is 31.1 Å². The summed E-state index contributed by atoms with van der Waals surface area (Å²) in [5, 5.41) is 7.37. The number of nitrogens with zero attached hydrogens (tertiary/aromatic N) is 5. The lowest BCUT2D eigenvalue weighted by Gasteiger charge is -2.15. The van der Waals surface area contributed by atoms with Crippen LogP contribution in [0.1, 0.15) is 47.3 Å². The van der Waals surface area contributed by atoms with E-state index in [1.807, 2.05) is 54.9 Å². The second kappa shape index (κ2) is 10.8. The van der Waals surface area contributed by atoms with E-state index >= 15 is 0 Å². The Morgan fingerprint density at radius 3 is 2.80 bits per heavy atom. The van der Waals surface area contributed by atoms with Crippen LogP contribution in [-0.2, 0) is 0 Å². The van der Waals surface area contributed by atoms with Crippen molar-refractivity contribution in [1.82, 2.24) is 20.1 Å². The number of rotatable bonds is 7. The molecule has 1 saturated heterocycles. The van der Waals surface area contributed by atoms with Gasteiger partial charge in [-0.2, -0.15) is 5.10 Å². The van der Waals surface area contributed by atoms with Crippen molar-refractivity contribution in [2.45, 2.75) is 25.7 Å². The minimum atomic E-state index is -0.108. The molecule has 35 heavy (non-hydrogen) atoms. The summed E-state index contributed by atoms with van der Waals surface area (Å²) < 4.78 is 1.76. The number of pyridine rings is 1. The Morgan fingerprint density at radius 2 is 2.00 bits per heavy atom. The summed E-state index contributed by atoms with van der Waals surface area (Å²) >= 11 is 0. The molecule has 1 N–H and O–H groups in total. The zero-order valence-electron chi connectivity index (χ0n) is 19.7. The maximum Gasteiger partial charge on any atom is 0.251 e. The molecule has 0 saturated carbocycles. The quantitative estimate of drug-likeness (QED) is 0.426. The van der Waals surface area contributed by atoms with Gasteiger partial charge in [0.05, 0.1) is 17.8 Å². The van der Waals surface area contributed by atoms with Crippen molar-refractivity contribution in [2.24, 2.45) is 4.99 Å². The second-order valence-electron chi connectivity index (χ2n) is 8.64. The van der Waals surface area contributed by atoms with E-state index in [1.165, 1.54) is 18.4 Å². The van der Waals surface area contributed by atoms with Gasteiger partial charge in [-0.15, -0.1) is 0 Å². The minimum Gasteiger partial charge on any atom is -0.357 e. The number of aromatic nitrogens is 3. The summed E-state index contributed by atoms with van der Waals surface area (Å²) in [7, 11) is 0. The molecule has 1 aromatic carbocycles. The predicted octanol–water partition coefficient (Wildman–Crippen LogP) is 3.79. The van der Waals surface area contributed by atoms with Crippen LogP contribution in [0.25, 0.3) is 5.69 Å². The lowest BCUT2D eigenvalue weighted by atomic mass is 10.1. The Balaban J connectivity index is 1.34. The molecule has 0 radical (unpaired) electrons. The first-order valence-electron chi connectivity index (χ1n) is 12.1. The number of nitrogens with one attached hydrogen (secondary N) is 1. The summed E-state index contributed by atoms with van der Waals surface area (Å²) in [6.07, 6.45) is 11.8. The molecule has 1 fully saturated rings. The van der Waals surface area contributed by atoms with Crippen molar-refractivity contribution >= 4 is 17.9 Å². The first kappa shape index (κ1) is 22.6. The number of aliphatic imine (C=N–C) groups is 1. The first-order valence-corrected chi connectivity index (χ1v) is 12.1. The fraction of sp³-hybridized carbons (Fsp3) is 0.286. The molecule has 4 heterocycles. The van der Waals surface area contributed by atoms with Crippen LogP contribution < -0.4 is 10.2 Å². The Bertz CT molecular complexity index is 1310. The van der Waals surface area contributed by atoms with Crippen LogP contribution in [0.4, 0.5) is 5.82 Å². The molecule has 0 spiro atoms. The topological polar surface area (TPSA) is 75.4 Å². The third kappa shape index (κ3) is 5.67. The molecule has 2 aliphatic heterocycles. The molecule has 2 aromatic heterocycles. The van der Waals surface area contributed by atoms with Gasteiger partial charge in [-0.3, -0.25) is 9.79 Å². The maximum atomic E-state index is 12.8. The van der Waals surface area contributed by atoms with Crippen LogP contribution in [0, 0.1) is 11.8 Å². The normalized spacial score (nSPS) is 14.5. The smallest absolute Gasteiger partial charge is 0.251 e. The van der Waals surface area contributed by atoms with Crippen molar-refractivity contribution < 1.29 is 4.79 Å². The van der Waals surface area contributed by atoms with E-state index in [0.717, 1.165) is 49.5 Å². The predicted molar refractivity (Wildman–Crippen MR) is 138 cm³/mol. The van der Waals surface area contributed by atoms with Gasteiger partial charge >= 0.3 is 0 Å². The molecule has 7 heteroatoms. The lowest BCUT2D eigenvalue weighted by Crippen LogP contribution is -2.24. The van der Waals surface area contributed by atoms with Crippen LogP contribution in [0.2, 0.25) is 0 Å². The Labute approximate surface area is 205 Å².